The van der Waals surface area contributed by atoms with Gasteiger partial charge in [0.1, 0.15) is 11.4 Å². The van der Waals surface area contributed by atoms with Gasteiger partial charge in [0.15, 0.2) is 5.82 Å². The summed E-state index contributed by atoms with van der Waals surface area (Å²) in [7, 11) is 2.21. The second kappa shape index (κ2) is 7.01. The lowest BCUT2D eigenvalue weighted by molar-refractivity contribution is 0.242. The number of benzene rings is 1. The number of fused-ring (bicyclic) bond motifs is 2. The van der Waals surface area contributed by atoms with Gasteiger partial charge in [-0.25, -0.2) is 0 Å². The van der Waals surface area contributed by atoms with Crippen molar-refractivity contribution in [2.45, 2.75) is 38.6 Å². The smallest absolute Gasteiger partial charge is 0.155 e. The summed E-state index contributed by atoms with van der Waals surface area (Å²) in [6.07, 6.45) is 4.65. The van der Waals surface area contributed by atoms with Gasteiger partial charge in [-0.15, -0.1) is 21.5 Å². The molecule has 0 amide bonds. The molecule has 0 aliphatic carbocycles. The highest BCUT2D eigenvalue weighted by atomic mass is 32.1. The van der Waals surface area contributed by atoms with Crippen LogP contribution in [0.4, 0.5) is 5.82 Å². The van der Waals surface area contributed by atoms with Gasteiger partial charge in [-0.05, 0) is 75.3 Å². The number of piperidine rings is 1. The molecule has 2 aliphatic heterocycles. The summed E-state index contributed by atoms with van der Waals surface area (Å²) in [6.45, 7) is 5.48. The second-order valence-electron chi connectivity index (χ2n) is 8.13. The molecule has 2 aromatic heterocycles. The fourth-order valence-electron chi connectivity index (χ4n) is 4.83. The number of phenolic OH excluding ortho intramolecular Hbond substituents is 1. The molecule has 0 saturated carbocycles. The van der Waals surface area contributed by atoms with Crippen LogP contribution in [0.2, 0.25) is 0 Å². The van der Waals surface area contributed by atoms with Gasteiger partial charge in [-0.3, -0.25) is 0 Å². The lowest BCUT2D eigenvalue weighted by atomic mass is 9.94. The van der Waals surface area contributed by atoms with Crippen molar-refractivity contribution in [3.63, 3.8) is 0 Å². The SMILES string of the molecule is Cc1c(-c2ccc3sccc3c2O)nnc2c1CCCN2[C@@H]1CCCN(C)C1. The molecule has 0 unspecified atom stereocenters. The number of phenols is 1. The summed E-state index contributed by atoms with van der Waals surface area (Å²) < 4.78 is 1.09. The van der Waals surface area contributed by atoms with Crippen molar-refractivity contribution in [1.82, 2.24) is 15.1 Å². The van der Waals surface area contributed by atoms with Gasteiger partial charge < -0.3 is 14.9 Å². The highest BCUT2D eigenvalue weighted by Crippen LogP contribution is 2.40. The van der Waals surface area contributed by atoms with Crippen molar-refractivity contribution >= 4 is 27.2 Å². The van der Waals surface area contributed by atoms with Gasteiger partial charge >= 0.3 is 0 Å². The fraction of sp³-hybridized carbons (Fsp3) is 0.455. The first-order valence-corrected chi connectivity index (χ1v) is 11.0. The van der Waals surface area contributed by atoms with Crippen LogP contribution in [0.15, 0.2) is 23.6 Å². The fourth-order valence-corrected chi connectivity index (χ4v) is 5.62. The highest BCUT2D eigenvalue weighted by Gasteiger charge is 2.30. The van der Waals surface area contributed by atoms with Crippen LogP contribution in [-0.2, 0) is 6.42 Å². The zero-order valence-electron chi connectivity index (χ0n) is 16.5. The molecular formula is C22H26N4OS. The van der Waals surface area contributed by atoms with Crippen molar-refractivity contribution in [1.29, 1.82) is 0 Å². The number of likely N-dealkylation sites (tertiary alicyclic amines) is 1. The Bertz CT molecular complexity index is 1030. The van der Waals surface area contributed by atoms with Crippen LogP contribution in [0.3, 0.4) is 0 Å². The van der Waals surface area contributed by atoms with E-state index < -0.39 is 0 Å². The van der Waals surface area contributed by atoms with Crippen LogP contribution in [0, 0.1) is 6.92 Å². The molecule has 0 spiro atoms. The lowest BCUT2D eigenvalue weighted by Crippen LogP contribution is -2.49. The van der Waals surface area contributed by atoms with E-state index in [4.69, 9.17) is 5.10 Å². The lowest BCUT2D eigenvalue weighted by Gasteiger charge is -2.41. The second-order valence-corrected chi connectivity index (χ2v) is 9.07. The molecule has 5 rings (SSSR count). The highest BCUT2D eigenvalue weighted by molar-refractivity contribution is 7.17. The molecule has 1 aromatic carbocycles. The van der Waals surface area contributed by atoms with E-state index in [2.05, 4.69) is 34.9 Å². The van der Waals surface area contributed by atoms with Crippen LogP contribution >= 0.6 is 11.3 Å². The first-order valence-electron chi connectivity index (χ1n) is 10.1. The third-order valence-electron chi connectivity index (χ3n) is 6.32. The standard InChI is InChI=1S/C22H26N4OS/c1-14-16-6-4-11-26(15-5-3-10-25(2)13-15)22(16)24-23-20(14)18-7-8-19-17(21(18)27)9-12-28-19/h7-9,12,15,27H,3-6,10-11,13H2,1-2H3/t15-/m1/s1. The van der Waals surface area contributed by atoms with Crippen molar-refractivity contribution in [3.8, 4) is 17.0 Å². The van der Waals surface area contributed by atoms with Gasteiger partial charge in [-0.2, -0.15) is 0 Å². The van der Waals surface area contributed by atoms with Crippen LogP contribution in [0.1, 0.15) is 30.4 Å². The Morgan fingerprint density at radius 3 is 2.89 bits per heavy atom. The number of rotatable bonds is 2. The van der Waals surface area contributed by atoms with E-state index in [0.29, 0.717) is 11.8 Å². The summed E-state index contributed by atoms with van der Waals surface area (Å²) >= 11 is 1.64. The molecule has 2 aliphatic rings. The summed E-state index contributed by atoms with van der Waals surface area (Å²) in [4.78, 5) is 4.91. The number of anilines is 1. The van der Waals surface area contributed by atoms with Gasteiger partial charge in [0, 0.05) is 40.3 Å². The van der Waals surface area contributed by atoms with E-state index >= 15 is 0 Å². The van der Waals surface area contributed by atoms with Gasteiger partial charge in [0.25, 0.3) is 0 Å². The van der Waals surface area contributed by atoms with Crippen LogP contribution < -0.4 is 4.90 Å². The topological polar surface area (TPSA) is 52.5 Å². The molecule has 0 radical (unpaired) electrons. The Balaban J connectivity index is 1.57. The van der Waals surface area contributed by atoms with Crippen LogP contribution in [0.25, 0.3) is 21.3 Å². The number of hydrogen-bond donors (Lipinski definition) is 1. The van der Waals surface area contributed by atoms with Crippen molar-refractivity contribution in [2.24, 2.45) is 0 Å². The normalized spacial score (nSPS) is 20.5. The van der Waals surface area contributed by atoms with E-state index in [-0.39, 0.29) is 0 Å². The predicted molar refractivity (Wildman–Crippen MR) is 115 cm³/mol. The Labute approximate surface area is 169 Å². The van der Waals surface area contributed by atoms with Gasteiger partial charge in [0.2, 0.25) is 0 Å². The summed E-state index contributed by atoms with van der Waals surface area (Å²) in [5, 5.41) is 23.0. The van der Waals surface area contributed by atoms with Crippen molar-refractivity contribution in [2.75, 3.05) is 31.6 Å². The average molecular weight is 395 g/mol. The number of aromatic nitrogens is 2. The first-order chi connectivity index (χ1) is 13.6. The van der Waals surface area contributed by atoms with Crippen LogP contribution in [-0.4, -0.2) is 52.9 Å². The zero-order chi connectivity index (χ0) is 19.3. The van der Waals surface area contributed by atoms with Crippen molar-refractivity contribution < 1.29 is 5.11 Å². The summed E-state index contributed by atoms with van der Waals surface area (Å²) in [5.74, 6) is 1.38. The minimum atomic E-state index is 0.317. The predicted octanol–water partition coefficient (Wildman–Crippen LogP) is 4.22. The quantitative estimate of drug-likeness (QED) is 0.705. The molecular weight excluding hydrogens is 368 g/mol. The summed E-state index contributed by atoms with van der Waals surface area (Å²) in [5.41, 5.74) is 4.05. The third kappa shape index (κ3) is 2.86. The Morgan fingerprint density at radius 1 is 1.14 bits per heavy atom. The number of likely N-dealkylation sites (N-methyl/N-ethyl adjacent to an activating group) is 1. The Kier molecular flexibility index (Phi) is 4.48. The number of thiophene rings is 1. The molecule has 6 heteroatoms. The van der Waals surface area contributed by atoms with E-state index in [0.717, 1.165) is 58.7 Å². The minimum absolute atomic E-state index is 0.317. The maximum atomic E-state index is 10.8. The van der Waals surface area contributed by atoms with Gasteiger partial charge in [-0.1, -0.05) is 0 Å². The molecule has 3 aromatic rings. The maximum absolute atomic E-state index is 10.8. The van der Waals surface area contributed by atoms with Crippen molar-refractivity contribution in [3.05, 3.63) is 34.7 Å². The number of hydrogen-bond acceptors (Lipinski definition) is 6. The Hall–Kier alpha value is -2.18. The third-order valence-corrected chi connectivity index (χ3v) is 7.20. The largest absolute Gasteiger partial charge is 0.507 e. The average Bonchev–Trinajstić information content (AvgIpc) is 3.19. The molecule has 1 N–H and O–H groups in total. The molecule has 146 valence electrons. The molecule has 28 heavy (non-hydrogen) atoms. The summed E-state index contributed by atoms with van der Waals surface area (Å²) in [6, 6.07) is 6.54. The minimum Gasteiger partial charge on any atom is -0.507 e. The number of nitrogens with zero attached hydrogens (tertiary/aromatic N) is 4. The molecule has 4 heterocycles. The molecule has 1 saturated heterocycles. The number of aromatic hydroxyl groups is 1. The zero-order valence-corrected chi connectivity index (χ0v) is 17.3. The molecule has 1 fully saturated rings. The van der Waals surface area contributed by atoms with Crippen LogP contribution in [0.5, 0.6) is 5.75 Å². The van der Waals surface area contributed by atoms with E-state index in [1.807, 2.05) is 17.5 Å². The first kappa shape index (κ1) is 17.9. The van der Waals surface area contributed by atoms with E-state index in [1.165, 1.54) is 24.9 Å². The molecule has 1 atom stereocenters. The monoisotopic (exact) mass is 394 g/mol. The Morgan fingerprint density at radius 2 is 2.04 bits per heavy atom. The van der Waals surface area contributed by atoms with E-state index in [1.54, 1.807) is 11.3 Å². The molecule has 5 nitrogen and oxygen atoms in total. The molecule has 0 bridgehead atoms. The van der Waals surface area contributed by atoms with E-state index in [9.17, 15) is 5.11 Å². The van der Waals surface area contributed by atoms with Gasteiger partial charge in [0.05, 0.1) is 0 Å². The maximum Gasteiger partial charge on any atom is 0.155 e.